The van der Waals surface area contributed by atoms with Gasteiger partial charge in [-0.2, -0.15) is 0 Å². The normalized spacial score (nSPS) is 12.1. The number of hydrogen-bond donors (Lipinski definition) is 2. The van der Waals surface area contributed by atoms with Crippen LogP contribution in [0.2, 0.25) is 0 Å². The Balaban J connectivity index is 0.000000847. The van der Waals surface area contributed by atoms with Crippen molar-refractivity contribution in [1.82, 2.24) is 5.32 Å². The third kappa shape index (κ3) is 3.86. The Morgan fingerprint density at radius 1 is 1.09 bits per heavy atom. The van der Waals surface area contributed by atoms with E-state index in [1.807, 2.05) is 13.8 Å². The molecule has 0 bridgehead atoms. The molecule has 2 aromatic carbocycles. The van der Waals surface area contributed by atoms with E-state index in [0.29, 0.717) is 12.2 Å². The number of nitrogens with two attached hydrogens (primary N) is 1. The van der Waals surface area contributed by atoms with Crippen molar-refractivity contribution in [3.05, 3.63) is 64.7 Å². The predicted octanol–water partition coefficient (Wildman–Crippen LogP) is 2.99. The molecular weight excluding hydrogens is 276 g/mol. The lowest BCUT2D eigenvalue weighted by Gasteiger charge is -2.08. The van der Waals surface area contributed by atoms with Crippen molar-refractivity contribution in [3.63, 3.8) is 0 Å². The fraction of sp³-hybridized carbons (Fsp3) is 0.278. The van der Waals surface area contributed by atoms with Gasteiger partial charge in [0.05, 0.1) is 0 Å². The third-order valence-corrected chi connectivity index (χ3v) is 3.45. The average Bonchev–Trinajstić information content (AvgIpc) is 3.03. The molecule has 0 aromatic heterocycles. The molecule has 0 saturated carbocycles. The van der Waals surface area contributed by atoms with Crippen LogP contribution < -0.4 is 15.8 Å². The average molecular weight is 298 g/mol. The van der Waals surface area contributed by atoms with Gasteiger partial charge in [0.1, 0.15) is 12.4 Å². The number of rotatable bonds is 4. The van der Waals surface area contributed by atoms with E-state index in [4.69, 9.17) is 10.5 Å². The highest BCUT2D eigenvalue weighted by atomic mass is 16.5. The number of fused-ring (bicyclic) bond motifs is 1. The summed E-state index contributed by atoms with van der Waals surface area (Å²) >= 11 is 0. The summed E-state index contributed by atoms with van der Waals surface area (Å²) < 4.78 is 5.71. The Hall–Kier alpha value is -2.33. The zero-order valence-corrected chi connectivity index (χ0v) is 13.1. The Labute approximate surface area is 131 Å². The smallest absolute Gasteiger partial charge is 0.248 e. The van der Waals surface area contributed by atoms with Crippen molar-refractivity contribution >= 4 is 5.91 Å². The molecule has 0 aliphatic carbocycles. The van der Waals surface area contributed by atoms with Crippen LogP contribution in [0.25, 0.3) is 0 Å². The lowest BCUT2D eigenvalue weighted by molar-refractivity contribution is 0.100. The second-order valence-corrected chi connectivity index (χ2v) is 4.88. The van der Waals surface area contributed by atoms with Crippen molar-refractivity contribution in [2.75, 3.05) is 0 Å². The molecule has 0 saturated heterocycles. The van der Waals surface area contributed by atoms with Crippen molar-refractivity contribution < 1.29 is 9.53 Å². The molecule has 22 heavy (non-hydrogen) atoms. The highest BCUT2D eigenvalue weighted by Gasteiger charge is 2.10. The minimum atomic E-state index is -0.428. The summed E-state index contributed by atoms with van der Waals surface area (Å²) in [5.74, 6) is 0.302. The van der Waals surface area contributed by atoms with Crippen molar-refractivity contribution in [2.24, 2.45) is 5.73 Å². The number of benzene rings is 2. The summed E-state index contributed by atoms with van der Waals surface area (Å²) in [5.41, 5.74) is 9.53. The van der Waals surface area contributed by atoms with Crippen molar-refractivity contribution in [1.29, 1.82) is 0 Å². The Morgan fingerprint density at radius 2 is 1.77 bits per heavy atom. The first kappa shape index (κ1) is 16.0. The van der Waals surface area contributed by atoms with Gasteiger partial charge in [-0.1, -0.05) is 32.0 Å². The monoisotopic (exact) mass is 298 g/mol. The molecule has 0 fully saturated rings. The lowest BCUT2D eigenvalue weighted by Crippen LogP contribution is -2.10. The van der Waals surface area contributed by atoms with E-state index in [2.05, 4.69) is 23.5 Å². The van der Waals surface area contributed by atoms with Crippen LogP contribution in [0.5, 0.6) is 5.75 Å². The van der Waals surface area contributed by atoms with E-state index in [0.717, 1.165) is 24.4 Å². The van der Waals surface area contributed by atoms with E-state index in [9.17, 15) is 4.79 Å². The standard InChI is InChI=1S/C16H16N2O2.C2H6/c17-16(19)12-3-5-15(6-4-12)20-10-11-1-2-13-8-18-9-14(13)7-11;1-2/h1-7,18H,8-10H2,(H2,17,19);1-2H3. The Kier molecular flexibility index (Phi) is 5.55. The second-order valence-electron chi connectivity index (χ2n) is 4.88. The number of hydrogen-bond acceptors (Lipinski definition) is 3. The summed E-state index contributed by atoms with van der Waals surface area (Å²) in [6.07, 6.45) is 0. The molecule has 0 atom stereocenters. The van der Waals surface area contributed by atoms with Gasteiger partial charge >= 0.3 is 0 Å². The number of carbonyl (C=O) groups excluding carboxylic acids is 1. The van der Waals surface area contributed by atoms with Gasteiger partial charge in [-0.15, -0.1) is 0 Å². The molecule has 0 spiro atoms. The van der Waals surface area contributed by atoms with E-state index in [1.165, 1.54) is 11.1 Å². The van der Waals surface area contributed by atoms with Gasteiger partial charge in [0.15, 0.2) is 0 Å². The number of nitrogens with one attached hydrogen (secondary N) is 1. The Morgan fingerprint density at radius 3 is 2.45 bits per heavy atom. The van der Waals surface area contributed by atoms with Crippen LogP contribution in [0, 0.1) is 0 Å². The number of primary amides is 1. The second kappa shape index (κ2) is 7.61. The van der Waals surface area contributed by atoms with Gasteiger partial charge in [-0.05, 0) is 41.0 Å². The molecule has 2 aromatic rings. The van der Waals surface area contributed by atoms with Crippen LogP contribution in [0.3, 0.4) is 0 Å². The largest absolute Gasteiger partial charge is 0.489 e. The van der Waals surface area contributed by atoms with Crippen LogP contribution in [0.1, 0.15) is 40.9 Å². The summed E-state index contributed by atoms with van der Waals surface area (Å²) in [7, 11) is 0. The van der Waals surface area contributed by atoms with E-state index in [1.54, 1.807) is 24.3 Å². The molecule has 1 amide bonds. The molecule has 116 valence electrons. The van der Waals surface area contributed by atoms with Gasteiger partial charge in [-0.25, -0.2) is 0 Å². The van der Waals surface area contributed by atoms with Crippen LogP contribution in [0.15, 0.2) is 42.5 Å². The zero-order chi connectivity index (χ0) is 15.9. The maximum Gasteiger partial charge on any atom is 0.248 e. The highest BCUT2D eigenvalue weighted by molar-refractivity contribution is 5.92. The fourth-order valence-electron chi connectivity index (χ4n) is 2.32. The van der Waals surface area contributed by atoms with Gasteiger partial charge in [0.2, 0.25) is 5.91 Å². The summed E-state index contributed by atoms with van der Waals surface area (Å²) in [4.78, 5) is 11.0. The minimum absolute atomic E-state index is 0.428. The minimum Gasteiger partial charge on any atom is -0.489 e. The molecular formula is C18H22N2O2. The quantitative estimate of drug-likeness (QED) is 0.912. The van der Waals surface area contributed by atoms with Gasteiger partial charge in [0.25, 0.3) is 0 Å². The number of ether oxygens (including phenoxy) is 1. The van der Waals surface area contributed by atoms with Crippen molar-refractivity contribution in [2.45, 2.75) is 33.5 Å². The molecule has 3 rings (SSSR count). The Bertz CT molecular complexity index is 636. The molecule has 0 unspecified atom stereocenters. The topological polar surface area (TPSA) is 64.4 Å². The van der Waals surface area contributed by atoms with E-state index < -0.39 is 5.91 Å². The van der Waals surface area contributed by atoms with Crippen LogP contribution >= 0.6 is 0 Å². The number of carbonyl (C=O) groups is 1. The van der Waals surface area contributed by atoms with E-state index >= 15 is 0 Å². The van der Waals surface area contributed by atoms with Gasteiger partial charge in [-0.3, -0.25) is 4.79 Å². The maximum absolute atomic E-state index is 11.0. The lowest BCUT2D eigenvalue weighted by atomic mass is 10.1. The predicted molar refractivity (Wildman–Crippen MR) is 87.6 cm³/mol. The summed E-state index contributed by atoms with van der Waals surface area (Å²) in [6.45, 7) is 6.39. The molecule has 4 heteroatoms. The van der Waals surface area contributed by atoms with E-state index in [-0.39, 0.29) is 0 Å². The van der Waals surface area contributed by atoms with Crippen molar-refractivity contribution in [3.8, 4) is 5.75 Å². The zero-order valence-electron chi connectivity index (χ0n) is 13.1. The molecule has 3 N–H and O–H groups in total. The number of amides is 1. The van der Waals surface area contributed by atoms with Crippen LogP contribution in [0.4, 0.5) is 0 Å². The fourth-order valence-corrected chi connectivity index (χ4v) is 2.32. The SMILES string of the molecule is CC.NC(=O)c1ccc(OCc2ccc3c(c2)CNC3)cc1. The summed E-state index contributed by atoms with van der Waals surface area (Å²) in [6, 6.07) is 13.3. The highest BCUT2D eigenvalue weighted by Crippen LogP contribution is 2.19. The first-order valence-electron chi connectivity index (χ1n) is 7.56. The molecule has 4 nitrogen and oxygen atoms in total. The third-order valence-electron chi connectivity index (χ3n) is 3.45. The van der Waals surface area contributed by atoms with Crippen LogP contribution in [-0.4, -0.2) is 5.91 Å². The maximum atomic E-state index is 11.0. The van der Waals surface area contributed by atoms with Gasteiger partial charge < -0.3 is 15.8 Å². The summed E-state index contributed by atoms with van der Waals surface area (Å²) in [5, 5.41) is 3.32. The van der Waals surface area contributed by atoms with Crippen LogP contribution in [-0.2, 0) is 19.7 Å². The molecule has 1 aliphatic heterocycles. The molecule has 0 radical (unpaired) electrons. The first-order chi connectivity index (χ1) is 10.7. The molecule has 1 aliphatic rings. The van der Waals surface area contributed by atoms with Gasteiger partial charge in [0, 0.05) is 18.7 Å². The first-order valence-corrected chi connectivity index (χ1v) is 7.56. The molecule has 1 heterocycles.